The van der Waals surface area contributed by atoms with Crippen molar-refractivity contribution in [3.63, 3.8) is 0 Å². The number of amides is 1. The Kier molecular flexibility index (Phi) is 7.73. The number of rotatable bonds is 5. The summed E-state index contributed by atoms with van der Waals surface area (Å²) in [4.78, 5) is 34.4. The van der Waals surface area contributed by atoms with Gasteiger partial charge in [-0.05, 0) is 71.7 Å². The quantitative estimate of drug-likeness (QED) is 0.289. The predicted molar refractivity (Wildman–Crippen MR) is 164 cm³/mol. The minimum Gasteiger partial charge on any atom is -0.444 e. The lowest BCUT2D eigenvalue weighted by atomic mass is 10.0. The van der Waals surface area contributed by atoms with E-state index < -0.39 is 17.2 Å². The third kappa shape index (κ3) is 5.95. The Morgan fingerprint density at radius 1 is 1.09 bits per heavy atom. The number of carbonyl (C=O) groups is 1. The van der Waals surface area contributed by atoms with Crippen molar-refractivity contribution < 1.29 is 18.3 Å². The smallest absolute Gasteiger partial charge is 0.410 e. The van der Waals surface area contributed by atoms with Gasteiger partial charge in [0.2, 0.25) is 5.95 Å². The largest absolute Gasteiger partial charge is 0.444 e. The monoisotopic (exact) mass is 604 g/mol. The Labute approximate surface area is 255 Å². The first-order chi connectivity index (χ1) is 20.9. The van der Waals surface area contributed by atoms with Gasteiger partial charge >= 0.3 is 6.09 Å². The van der Waals surface area contributed by atoms with E-state index in [0.29, 0.717) is 35.8 Å². The normalized spacial score (nSPS) is 17.4. The highest BCUT2D eigenvalue weighted by Crippen LogP contribution is 2.31. The first-order valence-corrected chi connectivity index (χ1v) is 15.0. The molecule has 44 heavy (non-hydrogen) atoms. The van der Waals surface area contributed by atoms with Crippen LogP contribution in [0.4, 0.5) is 25.3 Å². The summed E-state index contributed by atoms with van der Waals surface area (Å²) < 4.78 is 37.5. The number of benzene rings is 1. The molecule has 0 bridgehead atoms. The van der Waals surface area contributed by atoms with Gasteiger partial charge in [-0.15, -0.1) is 0 Å². The highest BCUT2D eigenvalue weighted by molar-refractivity contribution is 5.83. The molecule has 6 rings (SSSR count). The molecule has 1 unspecified atom stereocenters. The standard InChI is InChI=1S/C32H38F2N8O2/c1-18(2)42-19(3)36-29-23(33)13-21(14-26(29)42)28-24(34)15-35-30(39-28)38-27-8-7-20-16-40(12-10-25(20)37-27)22-9-11-41(17-22)31(43)44-32(4,5)6/h7-8,13-15,18,22H,9-12,16-17H2,1-6H3,(H,35,37,38,39). The van der Waals surface area contributed by atoms with E-state index in [-0.39, 0.29) is 35.3 Å². The highest BCUT2D eigenvalue weighted by atomic mass is 19.1. The van der Waals surface area contributed by atoms with E-state index in [1.165, 1.54) is 6.07 Å². The number of nitrogens with one attached hydrogen (secondary N) is 1. The summed E-state index contributed by atoms with van der Waals surface area (Å²) in [6, 6.07) is 7.18. The first kappa shape index (κ1) is 29.9. The van der Waals surface area contributed by atoms with Crippen molar-refractivity contribution in [1.29, 1.82) is 0 Å². The van der Waals surface area contributed by atoms with Gasteiger partial charge in [0.1, 0.15) is 28.5 Å². The molecule has 0 radical (unpaired) electrons. The number of hydrogen-bond donors (Lipinski definition) is 1. The number of ether oxygens (including phenoxy) is 1. The Balaban J connectivity index is 1.17. The zero-order valence-electron chi connectivity index (χ0n) is 26.0. The molecular formula is C32H38F2N8O2. The second-order valence-corrected chi connectivity index (χ2v) is 12.9. The van der Waals surface area contributed by atoms with Crippen LogP contribution in [0.3, 0.4) is 0 Å². The van der Waals surface area contributed by atoms with Gasteiger partial charge in [0, 0.05) is 55.9 Å². The number of pyridine rings is 1. The summed E-state index contributed by atoms with van der Waals surface area (Å²) >= 11 is 0. The summed E-state index contributed by atoms with van der Waals surface area (Å²) in [6.45, 7) is 14.3. The topological polar surface area (TPSA) is 101 Å². The zero-order chi connectivity index (χ0) is 31.3. The van der Waals surface area contributed by atoms with Gasteiger partial charge < -0.3 is 19.5 Å². The van der Waals surface area contributed by atoms with E-state index in [1.807, 2.05) is 58.2 Å². The Hall–Kier alpha value is -4.19. The second-order valence-electron chi connectivity index (χ2n) is 12.9. The lowest BCUT2D eigenvalue weighted by molar-refractivity contribution is 0.0277. The molecule has 1 atom stereocenters. The fourth-order valence-corrected chi connectivity index (χ4v) is 6.15. The lowest BCUT2D eigenvalue weighted by Gasteiger charge is -2.33. The minimum absolute atomic E-state index is 0.0111. The minimum atomic E-state index is -0.655. The summed E-state index contributed by atoms with van der Waals surface area (Å²) in [5, 5.41) is 3.10. The maximum Gasteiger partial charge on any atom is 0.410 e. The summed E-state index contributed by atoms with van der Waals surface area (Å²) in [6.07, 6.45) is 2.48. The number of fused-ring (bicyclic) bond motifs is 2. The molecule has 12 heteroatoms. The number of hydrogen-bond acceptors (Lipinski definition) is 8. The number of aromatic nitrogens is 5. The summed E-state index contributed by atoms with van der Waals surface area (Å²) in [5.41, 5.74) is 2.71. The number of imidazole rings is 1. The van der Waals surface area contributed by atoms with E-state index in [2.05, 4.69) is 25.2 Å². The van der Waals surface area contributed by atoms with Crippen LogP contribution in [-0.4, -0.2) is 71.7 Å². The molecule has 0 aliphatic carbocycles. The fraction of sp³-hybridized carbons (Fsp3) is 0.469. The van der Waals surface area contributed by atoms with Gasteiger partial charge in [-0.1, -0.05) is 6.07 Å². The van der Waals surface area contributed by atoms with Crippen LogP contribution in [0.25, 0.3) is 22.3 Å². The Morgan fingerprint density at radius 2 is 1.89 bits per heavy atom. The second kappa shape index (κ2) is 11.4. The number of carbonyl (C=O) groups excluding carboxylic acids is 1. The van der Waals surface area contributed by atoms with Crippen molar-refractivity contribution in [3.8, 4) is 11.3 Å². The molecule has 3 aromatic heterocycles. The molecule has 1 aromatic carbocycles. The van der Waals surface area contributed by atoms with Crippen molar-refractivity contribution in [3.05, 3.63) is 59.2 Å². The summed E-state index contributed by atoms with van der Waals surface area (Å²) in [5.74, 6) is 0.199. The molecule has 1 N–H and O–H groups in total. The van der Waals surface area contributed by atoms with Crippen LogP contribution in [0.15, 0.2) is 30.5 Å². The van der Waals surface area contributed by atoms with Gasteiger partial charge in [0.25, 0.3) is 0 Å². The van der Waals surface area contributed by atoms with Crippen molar-refractivity contribution in [2.75, 3.05) is 25.0 Å². The molecule has 5 heterocycles. The molecule has 1 saturated heterocycles. The van der Waals surface area contributed by atoms with E-state index >= 15 is 4.39 Å². The van der Waals surface area contributed by atoms with E-state index in [4.69, 9.17) is 9.72 Å². The average Bonchev–Trinajstić information content (AvgIpc) is 3.58. The van der Waals surface area contributed by atoms with E-state index in [9.17, 15) is 9.18 Å². The Bertz CT molecular complexity index is 1730. The van der Waals surface area contributed by atoms with Crippen molar-refractivity contribution >= 4 is 28.9 Å². The molecule has 232 valence electrons. The summed E-state index contributed by atoms with van der Waals surface area (Å²) in [7, 11) is 0. The van der Waals surface area contributed by atoms with Crippen molar-refractivity contribution in [2.45, 2.75) is 78.6 Å². The number of aryl methyl sites for hydroxylation is 1. The van der Waals surface area contributed by atoms with Gasteiger partial charge in [-0.3, -0.25) is 4.90 Å². The van der Waals surface area contributed by atoms with Crippen LogP contribution in [0.5, 0.6) is 0 Å². The van der Waals surface area contributed by atoms with Crippen LogP contribution in [-0.2, 0) is 17.7 Å². The maximum atomic E-state index is 15.1. The van der Waals surface area contributed by atoms with Gasteiger partial charge in [0.15, 0.2) is 11.6 Å². The van der Waals surface area contributed by atoms with Crippen molar-refractivity contribution in [1.82, 2.24) is 34.3 Å². The molecule has 2 aliphatic rings. The molecule has 2 aliphatic heterocycles. The first-order valence-electron chi connectivity index (χ1n) is 15.0. The maximum absolute atomic E-state index is 15.1. The SMILES string of the molecule is Cc1nc2c(F)cc(-c3nc(Nc4ccc5c(n4)CCN(C4CCN(C(=O)OC(C)(C)C)C4)C5)ncc3F)cc2n1C(C)C. The van der Waals surface area contributed by atoms with Crippen LogP contribution in [0.1, 0.15) is 64.2 Å². The molecule has 4 aromatic rings. The zero-order valence-corrected chi connectivity index (χ0v) is 26.0. The van der Waals surface area contributed by atoms with Crippen molar-refractivity contribution in [2.24, 2.45) is 0 Å². The number of likely N-dealkylation sites (tertiary alicyclic amines) is 1. The Morgan fingerprint density at radius 3 is 2.64 bits per heavy atom. The fourth-order valence-electron chi connectivity index (χ4n) is 6.15. The molecule has 0 saturated carbocycles. The van der Waals surface area contributed by atoms with Crippen LogP contribution >= 0.6 is 0 Å². The van der Waals surface area contributed by atoms with E-state index in [1.54, 1.807) is 11.0 Å². The lowest BCUT2D eigenvalue weighted by Crippen LogP contribution is -2.42. The van der Waals surface area contributed by atoms with Crippen LogP contribution < -0.4 is 5.32 Å². The van der Waals surface area contributed by atoms with Crippen LogP contribution in [0, 0.1) is 18.6 Å². The average molecular weight is 605 g/mol. The third-order valence-corrected chi connectivity index (χ3v) is 8.11. The highest BCUT2D eigenvalue weighted by Gasteiger charge is 2.34. The third-order valence-electron chi connectivity index (χ3n) is 8.11. The number of anilines is 2. The molecular weight excluding hydrogens is 566 g/mol. The van der Waals surface area contributed by atoms with Crippen LogP contribution in [0.2, 0.25) is 0 Å². The van der Waals surface area contributed by atoms with E-state index in [0.717, 1.165) is 43.4 Å². The molecule has 1 fully saturated rings. The molecule has 0 spiro atoms. The molecule has 1 amide bonds. The van der Waals surface area contributed by atoms with Gasteiger partial charge in [-0.25, -0.2) is 33.5 Å². The van der Waals surface area contributed by atoms with Gasteiger partial charge in [-0.2, -0.15) is 0 Å². The number of nitrogens with zero attached hydrogens (tertiary/aromatic N) is 7. The predicted octanol–water partition coefficient (Wildman–Crippen LogP) is 6.17. The number of halogens is 2. The van der Waals surface area contributed by atoms with Gasteiger partial charge in [0.05, 0.1) is 11.7 Å². The molecule has 10 nitrogen and oxygen atoms in total.